The van der Waals surface area contributed by atoms with Crippen LogP contribution in [0.5, 0.6) is 0 Å². The molecule has 0 saturated carbocycles. The number of benzene rings is 2. The van der Waals surface area contributed by atoms with Crippen molar-refractivity contribution in [1.29, 1.82) is 0 Å². The van der Waals surface area contributed by atoms with Gasteiger partial charge in [0.05, 0.1) is 11.3 Å². The Morgan fingerprint density at radius 3 is 2.63 bits per heavy atom. The molecule has 1 aliphatic heterocycles. The smallest absolute Gasteiger partial charge is 0.255 e. The predicted octanol–water partition coefficient (Wildman–Crippen LogP) is 1.75. The molecule has 0 bridgehead atoms. The Bertz CT molecular complexity index is 866. The first kappa shape index (κ1) is 18.6. The SMILES string of the molecule is NCCNC(=O)c1ccccc1NC(=O)c1cccc(N2CCCC2=O)c1. The van der Waals surface area contributed by atoms with Crippen molar-refractivity contribution >= 4 is 29.1 Å². The minimum absolute atomic E-state index is 0.0643. The maximum absolute atomic E-state index is 12.7. The summed E-state index contributed by atoms with van der Waals surface area (Å²) in [6.45, 7) is 1.35. The highest BCUT2D eigenvalue weighted by molar-refractivity contribution is 6.09. The predicted molar refractivity (Wildman–Crippen MR) is 104 cm³/mol. The van der Waals surface area contributed by atoms with Gasteiger partial charge >= 0.3 is 0 Å². The van der Waals surface area contributed by atoms with Gasteiger partial charge in [-0.15, -0.1) is 0 Å². The summed E-state index contributed by atoms with van der Waals surface area (Å²) in [5.41, 5.74) is 7.32. The zero-order valence-corrected chi connectivity index (χ0v) is 14.9. The van der Waals surface area contributed by atoms with E-state index in [0.29, 0.717) is 48.6 Å². The third kappa shape index (κ3) is 4.32. The fraction of sp³-hybridized carbons (Fsp3) is 0.250. The Morgan fingerprint density at radius 1 is 1.07 bits per heavy atom. The Hall–Kier alpha value is -3.19. The monoisotopic (exact) mass is 366 g/mol. The molecule has 2 aromatic rings. The van der Waals surface area contributed by atoms with Gasteiger partial charge in [-0.3, -0.25) is 14.4 Å². The molecular weight excluding hydrogens is 344 g/mol. The van der Waals surface area contributed by atoms with E-state index in [4.69, 9.17) is 5.73 Å². The van der Waals surface area contributed by atoms with Crippen LogP contribution < -0.4 is 21.3 Å². The van der Waals surface area contributed by atoms with Gasteiger partial charge in [0, 0.05) is 37.3 Å². The third-order valence-electron chi connectivity index (χ3n) is 4.34. The third-order valence-corrected chi connectivity index (χ3v) is 4.34. The molecule has 4 N–H and O–H groups in total. The van der Waals surface area contributed by atoms with Crippen LogP contribution in [0.2, 0.25) is 0 Å². The maximum Gasteiger partial charge on any atom is 0.255 e. The van der Waals surface area contributed by atoms with Crippen LogP contribution in [0.4, 0.5) is 11.4 Å². The number of hydrogen-bond donors (Lipinski definition) is 3. The van der Waals surface area contributed by atoms with Crippen LogP contribution in [0.15, 0.2) is 48.5 Å². The average Bonchev–Trinajstić information content (AvgIpc) is 3.12. The molecule has 1 heterocycles. The van der Waals surface area contributed by atoms with Gasteiger partial charge in [-0.25, -0.2) is 0 Å². The lowest BCUT2D eigenvalue weighted by atomic mass is 10.1. The largest absolute Gasteiger partial charge is 0.351 e. The molecule has 1 fully saturated rings. The number of hydrogen-bond acceptors (Lipinski definition) is 4. The van der Waals surface area contributed by atoms with E-state index in [9.17, 15) is 14.4 Å². The summed E-state index contributed by atoms with van der Waals surface area (Å²) in [4.78, 5) is 38.5. The lowest BCUT2D eigenvalue weighted by molar-refractivity contribution is -0.117. The zero-order chi connectivity index (χ0) is 19.2. The van der Waals surface area contributed by atoms with Crippen molar-refractivity contribution in [2.75, 3.05) is 29.9 Å². The summed E-state index contributed by atoms with van der Waals surface area (Å²) in [6, 6.07) is 13.7. The minimum atomic E-state index is -0.345. The van der Waals surface area contributed by atoms with Crippen LogP contribution >= 0.6 is 0 Å². The summed E-state index contributed by atoms with van der Waals surface area (Å²) in [6.07, 6.45) is 1.35. The Labute approximate surface area is 157 Å². The van der Waals surface area contributed by atoms with Crippen molar-refractivity contribution in [2.24, 2.45) is 5.73 Å². The van der Waals surface area contributed by atoms with Crippen molar-refractivity contribution in [3.05, 3.63) is 59.7 Å². The molecular formula is C20H22N4O3. The van der Waals surface area contributed by atoms with Gasteiger partial charge in [0.25, 0.3) is 11.8 Å². The van der Waals surface area contributed by atoms with Crippen molar-refractivity contribution in [2.45, 2.75) is 12.8 Å². The van der Waals surface area contributed by atoms with Gasteiger partial charge in [0.1, 0.15) is 0 Å². The quantitative estimate of drug-likeness (QED) is 0.724. The van der Waals surface area contributed by atoms with E-state index in [1.165, 1.54) is 0 Å². The summed E-state index contributed by atoms with van der Waals surface area (Å²) < 4.78 is 0. The van der Waals surface area contributed by atoms with Crippen molar-refractivity contribution in [3.63, 3.8) is 0 Å². The molecule has 0 radical (unpaired) electrons. The molecule has 140 valence electrons. The van der Waals surface area contributed by atoms with Gasteiger partial charge in [-0.05, 0) is 36.8 Å². The zero-order valence-electron chi connectivity index (χ0n) is 14.9. The van der Waals surface area contributed by atoms with Gasteiger partial charge in [-0.2, -0.15) is 0 Å². The second-order valence-corrected chi connectivity index (χ2v) is 6.24. The summed E-state index contributed by atoms with van der Waals surface area (Å²) in [5.74, 6) is -0.579. The number of carbonyl (C=O) groups is 3. The molecule has 0 atom stereocenters. The molecule has 3 rings (SSSR count). The average molecular weight is 366 g/mol. The number of para-hydroxylation sites is 1. The molecule has 7 nitrogen and oxygen atoms in total. The Balaban J connectivity index is 1.78. The van der Waals surface area contributed by atoms with Crippen LogP contribution in [0.25, 0.3) is 0 Å². The van der Waals surface area contributed by atoms with E-state index in [2.05, 4.69) is 10.6 Å². The number of amides is 3. The van der Waals surface area contributed by atoms with Crippen LogP contribution in [-0.2, 0) is 4.79 Å². The fourth-order valence-electron chi connectivity index (χ4n) is 3.00. The highest BCUT2D eigenvalue weighted by Gasteiger charge is 2.22. The summed E-state index contributed by atoms with van der Waals surface area (Å²) in [5, 5.41) is 5.47. The normalized spacial score (nSPS) is 13.5. The van der Waals surface area contributed by atoms with Gasteiger partial charge < -0.3 is 21.3 Å². The minimum Gasteiger partial charge on any atom is -0.351 e. The molecule has 2 aromatic carbocycles. The van der Waals surface area contributed by atoms with Crippen molar-refractivity contribution in [3.8, 4) is 0 Å². The van der Waals surface area contributed by atoms with E-state index < -0.39 is 0 Å². The Morgan fingerprint density at radius 2 is 1.89 bits per heavy atom. The number of rotatable bonds is 6. The lowest BCUT2D eigenvalue weighted by Crippen LogP contribution is -2.30. The first-order chi connectivity index (χ1) is 13.1. The van der Waals surface area contributed by atoms with Crippen LogP contribution in [0.3, 0.4) is 0 Å². The maximum atomic E-state index is 12.7. The van der Waals surface area contributed by atoms with E-state index in [1.807, 2.05) is 6.07 Å². The fourth-order valence-corrected chi connectivity index (χ4v) is 3.00. The molecule has 1 aliphatic rings. The number of carbonyl (C=O) groups excluding carboxylic acids is 3. The molecule has 7 heteroatoms. The number of nitrogens with one attached hydrogen (secondary N) is 2. The molecule has 0 aliphatic carbocycles. The molecule has 0 unspecified atom stereocenters. The number of nitrogens with zero attached hydrogens (tertiary/aromatic N) is 1. The molecule has 0 aromatic heterocycles. The summed E-state index contributed by atoms with van der Waals surface area (Å²) in [7, 11) is 0. The first-order valence-corrected chi connectivity index (χ1v) is 8.89. The van der Waals surface area contributed by atoms with Crippen molar-refractivity contribution < 1.29 is 14.4 Å². The van der Waals surface area contributed by atoms with Gasteiger partial charge in [-0.1, -0.05) is 18.2 Å². The molecule has 0 spiro atoms. The Kier molecular flexibility index (Phi) is 5.83. The standard InChI is InChI=1S/C20H22N4O3/c21-10-11-22-20(27)16-7-1-2-8-17(16)23-19(26)14-5-3-6-15(13-14)24-12-4-9-18(24)25/h1-3,5-8,13H,4,9-12,21H2,(H,22,27)(H,23,26). The van der Waals surface area contributed by atoms with Crippen LogP contribution in [0, 0.1) is 0 Å². The van der Waals surface area contributed by atoms with Gasteiger partial charge in [0.2, 0.25) is 5.91 Å². The highest BCUT2D eigenvalue weighted by atomic mass is 16.2. The lowest BCUT2D eigenvalue weighted by Gasteiger charge is -2.17. The van der Waals surface area contributed by atoms with Crippen LogP contribution in [-0.4, -0.2) is 37.4 Å². The number of anilines is 2. The number of nitrogens with two attached hydrogens (primary N) is 1. The van der Waals surface area contributed by atoms with E-state index in [1.54, 1.807) is 47.4 Å². The molecule has 27 heavy (non-hydrogen) atoms. The van der Waals surface area contributed by atoms with E-state index in [-0.39, 0.29) is 17.7 Å². The van der Waals surface area contributed by atoms with Crippen LogP contribution in [0.1, 0.15) is 33.6 Å². The molecule has 1 saturated heterocycles. The van der Waals surface area contributed by atoms with Crippen molar-refractivity contribution in [1.82, 2.24) is 5.32 Å². The topological polar surface area (TPSA) is 105 Å². The van der Waals surface area contributed by atoms with E-state index >= 15 is 0 Å². The second-order valence-electron chi connectivity index (χ2n) is 6.24. The van der Waals surface area contributed by atoms with E-state index in [0.717, 1.165) is 6.42 Å². The highest BCUT2D eigenvalue weighted by Crippen LogP contribution is 2.23. The summed E-state index contributed by atoms with van der Waals surface area (Å²) >= 11 is 0. The molecule has 3 amide bonds. The first-order valence-electron chi connectivity index (χ1n) is 8.89. The second kappa shape index (κ2) is 8.46. The van der Waals surface area contributed by atoms with Gasteiger partial charge in [0.15, 0.2) is 0 Å².